The number of aromatic nitrogens is 1. The van der Waals surface area contributed by atoms with Gasteiger partial charge in [0.25, 0.3) is 0 Å². The van der Waals surface area contributed by atoms with Crippen molar-refractivity contribution in [3.8, 4) is 0 Å². The first kappa shape index (κ1) is 17.1. The van der Waals surface area contributed by atoms with Crippen LogP contribution in [0.4, 0.5) is 5.82 Å². The number of carbonyl (C=O) groups excluding carboxylic acids is 1. The molecule has 0 unspecified atom stereocenters. The van der Waals surface area contributed by atoms with Crippen LogP contribution in [0.25, 0.3) is 0 Å². The van der Waals surface area contributed by atoms with Crippen LogP contribution >= 0.6 is 0 Å². The molecular weight excluding hydrogens is 274 g/mol. The monoisotopic (exact) mass is 305 g/mol. The number of nitrogens with zero attached hydrogens (tertiary/aromatic N) is 1. The predicted octanol–water partition coefficient (Wildman–Crippen LogP) is 3.98. The maximum Gasteiger partial charge on any atom is 0.228 e. The highest BCUT2D eigenvalue weighted by Crippen LogP contribution is 2.31. The molecule has 1 aromatic rings. The lowest BCUT2D eigenvalue weighted by Gasteiger charge is -2.36. The Morgan fingerprint density at radius 2 is 1.95 bits per heavy atom. The zero-order valence-corrected chi connectivity index (χ0v) is 14.5. The number of aromatic amines is 1. The zero-order chi connectivity index (χ0) is 16.1. The molecule has 1 aromatic heterocycles. The van der Waals surface area contributed by atoms with Crippen molar-refractivity contribution in [2.45, 2.75) is 65.3 Å². The molecule has 4 heteroatoms. The topological polar surface area (TPSA) is 48.1 Å². The molecule has 1 aliphatic rings. The van der Waals surface area contributed by atoms with Crippen LogP contribution in [0.15, 0.2) is 12.3 Å². The fraction of sp³-hybridized carbons (Fsp3) is 0.722. The summed E-state index contributed by atoms with van der Waals surface area (Å²) in [6.45, 7) is 10.8. The molecular formula is C18H31N3O. The minimum Gasteiger partial charge on any atom is -0.348 e. The summed E-state index contributed by atoms with van der Waals surface area (Å²) in [6, 6.07) is 2.85. The van der Waals surface area contributed by atoms with Crippen molar-refractivity contribution in [3.05, 3.63) is 17.8 Å². The molecule has 2 heterocycles. The fourth-order valence-electron chi connectivity index (χ4n) is 3.40. The van der Waals surface area contributed by atoms with Gasteiger partial charge in [-0.1, -0.05) is 27.7 Å². The van der Waals surface area contributed by atoms with Gasteiger partial charge in [-0.25, -0.2) is 0 Å². The van der Waals surface area contributed by atoms with Gasteiger partial charge in [-0.05, 0) is 56.3 Å². The number of H-pyrrole nitrogens is 1. The number of rotatable bonds is 6. The van der Waals surface area contributed by atoms with Gasteiger partial charge in [0.05, 0.1) is 0 Å². The SMILES string of the molecule is CCC(CC)N1CCC(c2c[nH]c(NC(=O)C(C)C)c2)CC1. The first-order chi connectivity index (χ1) is 10.5. The molecule has 0 radical (unpaired) electrons. The molecule has 0 spiro atoms. The number of carbonyl (C=O) groups is 1. The number of hydrogen-bond donors (Lipinski definition) is 2. The third-order valence-electron chi connectivity index (χ3n) is 4.95. The summed E-state index contributed by atoms with van der Waals surface area (Å²) < 4.78 is 0. The van der Waals surface area contributed by atoms with Gasteiger partial charge < -0.3 is 15.2 Å². The van der Waals surface area contributed by atoms with E-state index in [1.165, 1.54) is 44.3 Å². The van der Waals surface area contributed by atoms with Gasteiger partial charge in [0.2, 0.25) is 5.91 Å². The molecule has 124 valence electrons. The summed E-state index contributed by atoms with van der Waals surface area (Å²) in [5.41, 5.74) is 1.34. The molecule has 1 fully saturated rings. The Bertz CT molecular complexity index is 468. The van der Waals surface area contributed by atoms with Crippen molar-refractivity contribution in [3.63, 3.8) is 0 Å². The number of likely N-dealkylation sites (tertiary alicyclic amines) is 1. The Labute approximate surface area is 134 Å². The van der Waals surface area contributed by atoms with E-state index in [2.05, 4.69) is 41.3 Å². The maximum atomic E-state index is 11.7. The molecule has 0 atom stereocenters. The Morgan fingerprint density at radius 1 is 1.32 bits per heavy atom. The van der Waals surface area contributed by atoms with Gasteiger partial charge in [0.15, 0.2) is 0 Å². The average molecular weight is 305 g/mol. The van der Waals surface area contributed by atoms with Gasteiger partial charge in [0.1, 0.15) is 5.82 Å². The van der Waals surface area contributed by atoms with Crippen LogP contribution in [0, 0.1) is 5.92 Å². The lowest BCUT2D eigenvalue weighted by molar-refractivity contribution is -0.118. The quantitative estimate of drug-likeness (QED) is 0.835. The van der Waals surface area contributed by atoms with Crippen molar-refractivity contribution >= 4 is 11.7 Å². The Kier molecular flexibility index (Phi) is 6.07. The van der Waals surface area contributed by atoms with Crippen LogP contribution in [0.5, 0.6) is 0 Å². The van der Waals surface area contributed by atoms with Crippen molar-refractivity contribution in [1.82, 2.24) is 9.88 Å². The van der Waals surface area contributed by atoms with Crippen LogP contribution in [0.3, 0.4) is 0 Å². The first-order valence-electron chi connectivity index (χ1n) is 8.78. The second-order valence-electron chi connectivity index (χ2n) is 6.77. The van der Waals surface area contributed by atoms with Crippen LogP contribution in [0.1, 0.15) is 64.9 Å². The molecule has 0 aliphatic carbocycles. The molecule has 0 aromatic carbocycles. The summed E-state index contributed by atoms with van der Waals surface area (Å²) in [4.78, 5) is 17.6. The fourth-order valence-corrected chi connectivity index (χ4v) is 3.40. The molecule has 1 saturated heterocycles. The predicted molar refractivity (Wildman–Crippen MR) is 92.2 cm³/mol. The van der Waals surface area contributed by atoms with Crippen LogP contribution < -0.4 is 5.32 Å². The molecule has 2 rings (SSSR count). The molecule has 22 heavy (non-hydrogen) atoms. The Balaban J connectivity index is 1.89. The first-order valence-corrected chi connectivity index (χ1v) is 8.78. The number of amides is 1. The molecule has 4 nitrogen and oxygen atoms in total. The van der Waals surface area contributed by atoms with E-state index < -0.39 is 0 Å². The van der Waals surface area contributed by atoms with E-state index in [9.17, 15) is 4.79 Å². The van der Waals surface area contributed by atoms with Crippen LogP contribution in [-0.4, -0.2) is 34.9 Å². The smallest absolute Gasteiger partial charge is 0.228 e. The second-order valence-corrected chi connectivity index (χ2v) is 6.77. The van der Waals surface area contributed by atoms with E-state index in [-0.39, 0.29) is 11.8 Å². The Morgan fingerprint density at radius 3 is 2.50 bits per heavy atom. The van der Waals surface area contributed by atoms with E-state index in [0.29, 0.717) is 5.92 Å². The van der Waals surface area contributed by atoms with Crippen LogP contribution in [0.2, 0.25) is 0 Å². The summed E-state index contributed by atoms with van der Waals surface area (Å²) in [5.74, 6) is 1.52. The third-order valence-corrected chi connectivity index (χ3v) is 4.95. The molecule has 0 bridgehead atoms. The zero-order valence-electron chi connectivity index (χ0n) is 14.5. The van der Waals surface area contributed by atoms with Gasteiger partial charge in [-0.2, -0.15) is 0 Å². The third kappa shape index (κ3) is 4.13. The van der Waals surface area contributed by atoms with Crippen molar-refractivity contribution in [2.75, 3.05) is 18.4 Å². The van der Waals surface area contributed by atoms with Crippen LogP contribution in [-0.2, 0) is 4.79 Å². The van der Waals surface area contributed by atoms with Crippen molar-refractivity contribution < 1.29 is 4.79 Å². The van der Waals surface area contributed by atoms with Gasteiger partial charge >= 0.3 is 0 Å². The molecule has 2 N–H and O–H groups in total. The summed E-state index contributed by atoms with van der Waals surface area (Å²) in [5, 5.41) is 2.94. The average Bonchev–Trinajstić information content (AvgIpc) is 2.97. The van der Waals surface area contributed by atoms with Gasteiger partial charge in [-0.15, -0.1) is 0 Å². The van der Waals surface area contributed by atoms with Gasteiger partial charge in [-0.3, -0.25) is 4.79 Å². The minimum absolute atomic E-state index is 0.00927. The van der Waals surface area contributed by atoms with E-state index in [4.69, 9.17) is 0 Å². The minimum atomic E-state index is 0.00927. The summed E-state index contributed by atoms with van der Waals surface area (Å²) >= 11 is 0. The molecule has 1 aliphatic heterocycles. The lowest BCUT2D eigenvalue weighted by Crippen LogP contribution is -2.40. The maximum absolute atomic E-state index is 11.7. The number of nitrogens with one attached hydrogen (secondary N) is 2. The highest BCUT2D eigenvalue weighted by Gasteiger charge is 2.24. The van der Waals surface area contributed by atoms with E-state index in [1.54, 1.807) is 0 Å². The summed E-state index contributed by atoms with van der Waals surface area (Å²) in [7, 11) is 0. The number of anilines is 1. The normalized spacial score (nSPS) is 17.4. The highest BCUT2D eigenvalue weighted by molar-refractivity contribution is 5.91. The highest BCUT2D eigenvalue weighted by atomic mass is 16.1. The van der Waals surface area contributed by atoms with E-state index in [1.807, 2.05) is 13.8 Å². The second kappa shape index (κ2) is 7.82. The lowest BCUT2D eigenvalue weighted by atomic mass is 9.90. The van der Waals surface area contributed by atoms with Gasteiger partial charge in [0, 0.05) is 18.2 Å². The summed E-state index contributed by atoms with van der Waals surface area (Å²) in [6.07, 6.45) is 6.98. The van der Waals surface area contributed by atoms with E-state index in [0.717, 1.165) is 11.9 Å². The number of hydrogen-bond acceptors (Lipinski definition) is 2. The standard InChI is InChI=1S/C18H31N3O/c1-5-16(6-2)21-9-7-14(8-10-21)15-11-17(19-12-15)20-18(22)13(3)4/h11-14,16,19H,5-10H2,1-4H3,(H,20,22). The van der Waals surface area contributed by atoms with Crippen molar-refractivity contribution in [2.24, 2.45) is 5.92 Å². The largest absolute Gasteiger partial charge is 0.348 e. The van der Waals surface area contributed by atoms with E-state index >= 15 is 0 Å². The number of piperidine rings is 1. The molecule has 0 saturated carbocycles. The Hall–Kier alpha value is -1.29. The van der Waals surface area contributed by atoms with Crippen molar-refractivity contribution in [1.29, 1.82) is 0 Å². The molecule has 1 amide bonds.